The Labute approximate surface area is 71.5 Å². The lowest BCUT2D eigenvalue weighted by molar-refractivity contribution is 0.518. The minimum atomic E-state index is -1.14. The van der Waals surface area contributed by atoms with E-state index in [1.165, 1.54) is 0 Å². The smallest absolute Gasteiger partial charge is 0.119 e. The first-order valence-electron chi connectivity index (χ1n) is 3.99. The Morgan fingerprint density at radius 3 is 1.64 bits per heavy atom. The molecule has 0 heterocycles. The zero-order valence-corrected chi connectivity index (χ0v) is 8.93. The molecule has 0 amide bonds. The van der Waals surface area contributed by atoms with Crippen molar-refractivity contribution >= 4 is 8.24 Å². The molecule has 0 N–H and O–H groups in total. The third kappa shape index (κ3) is 4.17. The molecule has 0 radical (unpaired) electrons. The molecule has 0 unspecified atom stereocenters. The predicted octanol–water partition coefficient (Wildman–Crippen LogP) is 2.50. The van der Waals surface area contributed by atoms with Crippen LogP contribution in [0.2, 0.25) is 19.6 Å². The van der Waals surface area contributed by atoms with Crippen molar-refractivity contribution < 1.29 is 0 Å². The molecule has 2 heteroatoms. The average Bonchev–Trinajstić information content (AvgIpc) is 1.85. The van der Waals surface area contributed by atoms with Gasteiger partial charge in [-0.05, 0) is 0 Å². The van der Waals surface area contributed by atoms with Gasteiger partial charge in [-0.3, -0.25) is 0 Å². The van der Waals surface area contributed by atoms with Gasteiger partial charge in [-0.2, -0.15) is 0 Å². The summed E-state index contributed by atoms with van der Waals surface area (Å²) in [6, 6.07) is 0. The molecule has 0 saturated heterocycles. The molecule has 0 bridgehead atoms. The van der Waals surface area contributed by atoms with Crippen LogP contribution in [0.5, 0.6) is 0 Å². The fourth-order valence-corrected chi connectivity index (χ4v) is 2.29. The molecule has 0 aliphatic rings. The monoisotopic (exact) mass is 169 g/mol. The lowest BCUT2D eigenvalue weighted by Gasteiger charge is -2.31. The van der Waals surface area contributed by atoms with Gasteiger partial charge in [0.2, 0.25) is 0 Å². The maximum atomic E-state index is 3.74. The van der Waals surface area contributed by atoms with E-state index in [2.05, 4.69) is 37.4 Å². The van der Waals surface area contributed by atoms with Gasteiger partial charge < -0.3 is 4.57 Å². The standard InChI is InChI=1S/C9H19NSi/c1-6-8-10(9-7-2)11(3,4)5/h6-7H,1-2,8-9H2,3-5H3. The van der Waals surface area contributed by atoms with Gasteiger partial charge in [-0.1, -0.05) is 31.8 Å². The van der Waals surface area contributed by atoms with E-state index in [1.807, 2.05) is 12.2 Å². The summed E-state index contributed by atoms with van der Waals surface area (Å²) < 4.78 is 2.45. The summed E-state index contributed by atoms with van der Waals surface area (Å²) in [4.78, 5) is 0. The van der Waals surface area contributed by atoms with E-state index in [0.717, 1.165) is 13.1 Å². The highest BCUT2D eigenvalue weighted by molar-refractivity contribution is 6.73. The van der Waals surface area contributed by atoms with E-state index in [-0.39, 0.29) is 0 Å². The fraction of sp³-hybridized carbons (Fsp3) is 0.556. The molecule has 0 aromatic rings. The lowest BCUT2D eigenvalue weighted by atomic mass is 10.5. The topological polar surface area (TPSA) is 3.24 Å². The Kier molecular flexibility index (Phi) is 4.38. The first-order chi connectivity index (χ1) is 5.02. The third-order valence-corrected chi connectivity index (χ3v) is 3.91. The molecule has 0 fully saturated rings. The van der Waals surface area contributed by atoms with E-state index in [9.17, 15) is 0 Å². The van der Waals surface area contributed by atoms with Gasteiger partial charge >= 0.3 is 0 Å². The highest BCUT2D eigenvalue weighted by atomic mass is 28.3. The summed E-state index contributed by atoms with van der Waals surface area (Å²) in [6.45, 7) is 16.5. The Morgan fingerprint density at radius 1 is 1.09 bits per heavy atom. The molecule has 0 saturated carbocycles. The van der Waals surface area contributed by atoms with E-state index < -0.39 is 8.24 Å². The van der Waals surface area contributed by atoms with Crippen molar-refractivity contribution in [2.24, 2.45) is 0 Å². The Hall–Kier alpha value is -0.343. The maximum absolute atomic E-state index is 3.74. The molecule has 0 aliphatic heterocycles. The number of hydrogen-bond donors (Lipinski definition) is 0. The van der Waals surface area contributed by atoms with E-state index >= 15 is 0 Å². The molecular formula is C9H19NSi. The summed E-state index contributed by atoms with van der Waals surface area (Å²) >= 11 is 0. The number of hydrogen-bond acceptors (Lipinski definition) is 1. The SMILES string of the molecule is C=CCN(CC=C)[Si](C)(C)C. The second kappa shape index (κ2) is 4.52. The number of rotatable bonds is 5. The van der Waals surface area contributed by atoms with Gasteiger partial charge in [0.15, 0.2) is 0 Å². The summed E-state index contributed by atoms with van der Waals surface area (Å²) in [7, 11) is -1.14. The second-order valence-electron chi connectivity index (χ2n) is 3.65. The molecule has 0 spiro atoms. The maximum Gasteiger partial charge on any atom is 0.119 e. The van der Waals surface area contributed by atoms with Crippen molar-refractivity contribution in [1.82, 2.24) is 4.57 Å². The van der Waals surface area contributed by atoms with Gasteiger partial charge in [0.05, 0.1) is 0 Å². The van der Waals surface area contributed by atoms with Crippen LogP contribution < -0.4 is 0 Å². The van der Waals surface area contributed by atoms with Crippen LogP contribution in [-0.4, -0.2) is 25.9 Å². The highest BCUT2D eigenvalue weighted by Gasteiger charge is 2.20. The molecule has 0 aromatic heterocycles. The molecule has 64 valence electrons. The zero-order valence-electron chi connectivity index (χ0n) is 7.93. The zero-order chi connectivity index (χ0) is 8.91. The van der Waals surface area contributed by atoms with Crippen LogP contribution in [0.1, 0.15) is 0 Å². The van der Waals surface area contributed by atoms with Crippen molar-refractivity contribution in [3.63, 3.8) is 0 Å². The molecule has 0 aliphatic carbocycles. The summed E-state index contributed by atoms with van der Waals surface area (Å²) in [6.07, 6.45) is 3.92. The molecule has 0 atom stereocenters. The van der Waals surface area contributed by atoms with Crippen molar-refractivity contribution in [3.05, 3.63) is 25.3 Å². The quantitative estimate of drug-likeness (QED) is 0.451. The van der Waals surface area contributed by atoms with Gasteiger partial charge in [-0.15, -0.1) is 13.2 Å². The summed E-state index contributed by atoms with van der Waals surface area (Å²) in [5.74, 6) is 0. The average molecular weight is 169 g/mol. The molecule has 11 heavy (non-hydrogen) atoms. The van der Waals surface area contributed by atoms with Crippen LogP contribution in [0.15, 0.2) is 25.3 Å². The minimum absolute atomic E-state index is 0.988. The van der Waals surface area contributed by atoms with Crippen LogP contribution in [0.3, 0.4) is 0 Å². The predicted molar refractivity (Wildman–Crippen MR) is 55.3 cm³/mol. The van der Waals surface area contributed by atoms with E-state index in [4.69, 9.17) is 0 Å². The second-order valence-corrected chi connectivity index (χ2v) is 8.63. The van der Waals surface area contributed by atoms with Gasteiger partial charge in [0.25, 0.3) is 0 Å². The summed E-state index contributed by atoms with van der Waals surface area (Å²) in [5.41, 5.74) is 0. The molecule has 0 rings (SSSR count). The highest BCUT2D eigenvalue weighted by Crippen LogP contribution is 2.08. The molecule has 0 aromatic carbocycles. The van der Waals surface area contributed by atoms with Gasteiger partial charge in [0, 0.05) is 13.1 Å². The van der Waals surface area contributed by atoms with E-state index in [1.54, 1.807) is 0 Å². The lowest BCUT2D eigenvalue weighted by Crippen LogP contribution is -2.45. The van der Waals surface area contributed by atoms with Crippen LogP contribution >= 0.6 is 0 Å². The first-order valence-corrected chi connectivity index (χ1v) is 7.44. The third-order valence-electron chi connectivity index (χ3n) is 1.65. The molecular weight excluding hydrogens is 150 g/mol. The minimum Gasteiger partial charge on any atom is -0.317 e. The van der Waals surface area contributed by atoms with E-state index in [0.29, 0.717) is 0 Å². The van der Waals surface area contributed by atoms with Crippen LogP contribution in [0.25, 0.3) is 0 Å². The largest absolute Gasteiger partial charge is 0.317 e. The Balaban J connectivity index is 4.08. The van der Waals surface area contributed by atoms with Crippen LogP contribution in [-0.2, 0) is 0 Å². The normalized spacial score (nSPS) is 11.6. The van der Waals surface area contributed by atoms with Gasteiger partial charge in [0.1, 0.15) is 8.24 Å². The van der Waals surface area contributed by atoms with Crippen LogP contribution in [0, 0.1) is 0 Å². The van der Waals surface area contributed by atoms with Crippen molar-refractivity contribution in [3.8, 4) is 0 Å². The van der Waals surface area contributed by atoms with Crippen molar-refractivity contribution in [2.75, 3.05) is 13.1 Å². The number of nitrogens with zero attached hydrogens (tertiary/aromatic N) is 1. The Bertz CT molecular complexity index is 125. The van der Waals surface area contributed by atoms with Gasteiger partial charge in [-0.25, -0.2) is 0 Å². The van der Waals surface area contributed by atoms with Crippen molar-refractivity contribution in [2.45, 2.75) is 19.6 Å². The van der Waals surface area contributed by atoms with Crippen LogP contribution in [0.4, 0.5) is 0 Å². The van der Waals surface area contributed by atoms with Crippen molar-refractivity contribution in [1.29, 1.82) is 0 Å². The molecule has 1 nitrogen and oxygen atoms in total. The Morgan fingerprint density at radius 2 is 1.45 bits per heavy atom. The fourth-order valence-electron chi connectivity index (χ4n) is 0.934. The first kappa shape index (κ1) is 10.7. The summed E-state index contributed by atoms with van der Waals surface area (Å²) in [5, 5.41) is 0.